The Balaban J connectivity index is 1.70. The second-order valence-corrected chi connectivity index (χ2v) is 5.76. The SMILES string of the molecule is Cc1ccnc(NC(=O)c2cccc(OCc3ccccc3C#N)c2)c1. The van der Waals surface area contributed by atoms with E-state index in [0.717, 1.165) is 11.1 Å². The molecule has 1 heterocycles. The summed E-state index contributed by atoms with van der Waals surface area (Å²) in [5.41, 5.74) is 2.86. The van der Waals surface area contributed by atoms with E-state index in [1.165, 1.54) is 0 Å². The number of aromatic nitrogens is 1. The van der Waals surface area contributed by atoms with Gasteiger partial charge in [0.25, 0.3) is 5.91 Å². The topological polar surface area (TPSA) is 75.0 Å². The van der Waals surface area contributed by atoms with Gasteiger partial charge in [0.1, 0.15) is 18.2 Å². The second-order valence-electron chi connectivity index (χ2n) is 5.76. The summed E-state index contributed by atoms with van der Waals surface area (Å²) >= 11 is 0. The van der Waals surface area contributed by atoms with Crippen LogP contribution in [0.2, 0.25) is 0 Å². The van der Waals surface area contributed by atoms with Crippen molar-refractivity contribution in [2.45, 2.75) is 13.5 Å². The van der Waals surface area contributed by atoms with E-state index in [0.29, 0.717) is 22.7 Å². The highest BCUT2D eigenvalue weighted by atomic mass is 16.5. The molecular weight excluding hydrogens is 326 g/mol. The van der Waals surface area contributed by atoms with Crippen LogP contribution in [0.5, 0.6) is 5.75 Å². The molecule has 1 N–H and O–H groups in total. The van der Waals surface area contributed by atoms with Gasteiger partial charge in [-0.15, -0.1) is 0 Å². The van der Waals surface area contributed by atoms with Gasteiger partial charge in [-0.25, -0.2) is 4.98 Å². The fourth-order valence-corrected chi connectivity index (χ4v) is 2.44. The summed E-state index contributed by atoms with van der Waals surface area (Å²) in [6.45, 7) is 2.19. The fraction of sp³-hybridized carbons (Fsp3) is 0.0952. The zero-order valence-corrected chi connectivity index (χ0v) is 14.3. The average Bonchev–Trinajstić information content (AvgIpc) is 2.67. The van der Waals surface area contributed by atoms with E-state index in [2.05, 4.69) is 16.4 Å². The highest BCUT2D eigenvalue weighted by Gasteiger charge is 2.09. The standard InChI is InChI=1S/C21H17N3O2/c1-15-9-10-23-20(11-15)24-21(25)16-7-4-8-19(12-16)26-14-18-6-3-2-5-17(18)13-22/h2-12H,14H2,1H3,(H,23,24,25). The fourth-order valence-electron chi connectivity index (χ4n) is 2.44. The van der Waals surface area contributed by atoms with Crippen molar-refractivity contribution < 1.29 is 9.53 Å². The van der Waals surface area contributed by atoms with Crippen LogP contribution in [0.3, 0.4) is 0 Å². The first-order valence-electron chi connectivity index (χ1n) is 8.10. The number of rotatable bonds is 5. The third-order valence-corrected chi connectivity index (χ3v) is 3.79. The van der Waals surface area contributed by atoms with Crippen LogP contribution in [-0.2, 0) is 6.61 Å². The summed E-state index contributed by atoms with van der Waals surface area (Å²) in [5, 5.41) is 11.9. The van der Waals surface area contributed by atoms with E-state index in [1.807, 2.05) is 31.2 Å². The van der Waals surface area contributed by atoms with Crippen LogP contribution >= 0.6 is 0 Å². The van der Waals surface area contributed by atoms with Gasteiger partial charge in [-0.05, 0) is 48.9 Å². The van der Waals surface area contributed by atoms with Gasteiger partial charge in [-0.2, -0.15) is 5.26 Å². The van der Waals surface area contributed by atoms with Crippen molar-refractivity contribution >= 4 is 11.7 Å². The molecule has 2 aromatic carbocycles. The zero-order chi connectivity index (χ0) is 18.4. The molecule has 3 aromatic rings. The van der Waals surface area contributed by atoms with E-state index >= 15 is 0 Å². The van der Waals surface area contributed by atoms with Crippen LogP contribution in [-0.4, -0.2) is 10.9 Å². The number of pyridine rings is 1. The Morgan fingerprint density at radius 1 is 1.15 bits per heavy atom. The Kier molecular flexibility index (Phi) is 5.25. The first kappa shape index (κ1) is 17.2. The second kappa shape index (κ2) is 7.95. The number of hydrogen-bond acceptors (Lipinski definition) is 4. The van der Waals surface area contributed by atoms with E-state index in [9.17, 15) is 4.79 Å². The Morgan fingerprint density at radius 3 is 2.81 bits per heavy atom. The molecule has 1 amide bonds. The van der Waals surface area contributed by atoms with Gasteiger partial charge in [0, 0.05) is 17.3 Å². The molecule has 128 valence electrons. The predicted octanol–water partition coefficient (Wildman–Crippen LogP) is 4.09. The van der Waals surface area contributed by atoms with Crippen molar-refractivity contribution in [3.8, 4) is 11.8 Å². The van der Waals surface area contributed by atoms with Crippen molar-refractivity contribution in [1.82, 2.24) is 4.98 Å². The number of aryl methyl sites for hydroxylation is 1. The Labute approximate surface area is 151 Å². The zero-order valence-electron chi connectivity index (χ0n) is 14.3. The van der Waals surface area contributed by atoms with E-state index in [-0.39, 0.29) is 12.5 Å². The molecular formula is C21H17N3O2. The monoisotopic (exact) mass is 343 g/mol. The van der Waals surface area contributed by atoms with E-state index in [1.54, 1.807) is 42.6 Å². The lowest BCUT2D eigenvalue weighted by molar-refractivity contribution is 0.102. The molecule has 0 atom stereocenters. The van der Waals surface area contributed by atoms with Gasteiger partial charge in [-0.1, -0.05) is 24.3 Å². The number of benzene rings is 2. The van der Waals surface area contributed by atoms with Crippen molar-refractivity contribution in [3.05, 3.63) is 89.1 Å². The number of amides is 1. The summed E-state index contributed by atoms with van der Waals surface area (Å²) in [6.07, 6.45) is 1.65. The van der Waals surface area contributed by atoms with E-state index in [4.69, 9.17) is 10.00 Å². The van der Waals surface area contributed by atoms with Crippen LogP contribution in [0.4, 0.5) is 5.82 Å². The van der Waals surface area contributed by atoms with Gasteiger partial charge >= 0.3 is 0 Å². The molecule has 26 heavy (non-hydrogen) atoms. The van der Waals surface area contributed by atoms with Gasteiger partial charge in [0.15, 0.2) is 0 Å². The summed E-state index contributed by atoms with van der Waals surface area (Å²) in [5.74, 6) is 0.804. The minimum absolute atomic E-state index is 0.258. The molecule has 0 bridgehead atoms. The number of carbonyl (C=O) groups is 1. The molecule has 5 heteroatoms. The number of hydrogen-bond donors (Lipinski definition) is 1. The summed E-state index contributed by atoms with van der Waals surface area (Å²) < 4.78 is 5.75. The van der Waals surface area contributed by atoms with Crippen molar-refractivity contribution in [3.63, 3.8) is 0 Å². The van der Waals surface area contributed by atoms with Gasteiger partial charge < -0.3 is 10.1 Å². The predicted molar refractivity (Wildman–Crippen MR) is 98.9 cm³/mol. The number of nitrogens with one attached hydrogen (secondary N) is 1. The Morgan fingerprint density at radius 2 is 2.00 bits per heavy atom. The lowest BCUT2D eigenvalue weighted by Crippen LogP contribution is -2.13. The largest absolute Gasteiger partial charge is 0.489 e. The highest BCUT2D eigenvalue weighted by Crippen LogP contribution is 2.18. The summed E-state index contributed by atoms with van der Waals surface area (Å²) in [4.78, 5) is 16.5. The normalized spacial score (nSPS) is 10.0. The Hall–Kier alpha value is -3.65. The molecule has 0 aliphatic carbocycles. The van der Waals surface area contributed by atoms with Crippen LogP contribution in [0.25, 0.3) is 0 Å². The number of nitriles is 1. The number of anilines is 1. The molecule has 0 saturated heterocycles. The molecule has 0 unspecified atom stereocenters. The molecule has 0 aliphatic rings. The lowest BCUT2D eigenvalue weighted by Gasteiger charge is -2.09. The number of ether oxygens (including phenoxy) is 1. The number of nitrogens with zero attached hydrogens (tertiary/aromatic N) is 2. The maximum atomic E-state index is 12.4. The van der Waals surface area contributed by atoms with Crippen LogP contribution in [0.1, 0.15) is 27.0 Å². The maximum Gasteiger partial charge on any atom is 0.256 e. The van der Waals surface area contributed by atoms with Crippen LogP contribution in [0.15, 0.2) is 66.9 Å². The van der Waals surface area contributed by atoms with Gasteiger partial charge in [-0.3, -0.25) is 4.79 Å². The maximum absolute atomic E-state index is 12.4. The molecule has 0 aliphatic heterocycles. The molecule has 0 spiro atoms. The number of carbonyl (C=O) groups excluding carboxylic acids is 1. The molecule has 0 radical (unpaired) electrons. The quantitative estimate of drug-likeness (QED) is 0.757. The van der Waals surface area contributed by atoms with Gasteiger partial charge in [0.05, 0.1) is 11.6 Å². The van der Waals surface area contributed by atoms with Crippen LogP contribution in [0, 0.1) is 18.3 Å². The molecule has 1 aromatic heterocycles. The summed E-state index contributed by atoms with van der Waals surface area (Å²) in [7, 11) is 0. The van der Waals surface area contributed by atoms with Crippen molar-refractivity contribution in [1.29, 1.82) is 5.26 Å². The van der Waals surface area contributed by atoms with E-state index < -0.39 is 0 Å². The highest BCUT2D eigenvalue weighted by molar-refractivity contribution is 6.04. The smallest absolute Gasteiger partial charge is 0.256 e. The first-order valence-corrected chi connectivity index (χ1v) is 8.10. The minimum atomic E-state index is -0.258. The average molecular weight is 343 g/mol. The molecule has 0 saturated carbocycles. The molecule has 5 nitrogen and oxygen atoms in total. The minimum Gasteiger partial charge on any atom is -0.489 e. The third kappa shape index (κ3) is 4.25. The first-order chi connectivity index (χ1) is 12.7. The van der Waals surface area contributed by atoms with Crippen molar-refractivity contribution in [2.24, 2.45) is 0 Å². The van der Waals surface area contributed by atoms with Crippen molar-refractivity contribution in [2.75, 3.05) is 5.32 Å². The summed E-state index contributed by atoms with van der Waals surface area (Å²) in [6, 6.07) is 20.0. The molecule has 0 fully saturated rings. The lowest BCUT2D eigenvalue weighted by atomic mass is 10.1. The molecule has 3 rings (SSSR count). The third-order valence-electron chi connectivity index (χ3n) is 3.79. The Bertz CT molecular complexity index is 977. The van der Waals surface area contributed by atoms with Crippen LogP contribution < -0.4 is 10.1 Å². The van der Waals surface area contributed by atoms with Gasteiger partial charge in [0.2, 0.25) is 0 Å².